The number of nitriles is 1. The van der Waals surface area contributed by atoms with Crippen LogP contribution in [0.1, 0.15) is 16.7 Å². The van der Waals surface area contributed by atoms with Crippen molar-refractivity contribution in [2.24, 2.45) is 0 Å². The third-order valence-electron chi connectivity index (χ3n) is 4.76. The van der Waals surface area contributed by atoms with Crippen LogP contribution in [-0.4, -0.2) is 12.7 Å². The Morgan fingerprint density at radius 3 is 2.50 bits per heavy atom. The summed E-state index contributed by atoms with van der Waals surface area (Å²) >= 11 is 3.41. The van der Waals surface area contributed by atoms with Crippen molar-refractivity contribution >= 4 is 27.9 Å². The van der Waals surface area contributed by atoms with Crippen LogP contribution in [0.15, 0.2) is 76.8 Å². The number of rotatable bonds is 7. The van der Waals surface area contributed by atoms with E-state index in [-0.39, 0.29) is 18.9 Å². The van der Waals surface area contributed by atoms with Crippen LogP contribution >= 0.6 is 15.9 Å². The van der Waals surface area contributed by atoms with Gasteiger partial charge in [0.25, 0.3) is 5.91 Å². The Bertz CT molecular complexity index is 1180. The Morgan fingerprint density at radius 1 is 1.03 bits per heavy atom. The lowest BCUT2D eigenvalue weighted by atomic mass is 10.1. The molecule has 0 unspecified atom stereocenters. The maximum absolute atomic E-state index is 12.5. The predicted molar refractivity (Wildman–Crippen MR) is 123 cm³/mol. The molecule has 1 aliphatic heterocycles. The molecule has 1 N–H and O–H groups in total. The number of benzene rings is 3. The van der Waals surface area contributed by atoms with Gasteiger partial charge in [-0.15, -0.1) is 0 Å². The van der Waals surface area contributed by atoms with Gasteiger partial charge in [0.1, 0.15) is 24.0 Å². The van der Waals surface area contributed by atoms with Crippen molar-refractivity contribution in [1.29, 1.82) is 5.26 Å². The standard InChI is InChI=1S/C25H19BrN2O4/c26-21-6-1-18(2-7-21)15-30-22-8-3-17(4-9-22)11-20(13-27)25(29)28-14-19-5-10-23-24(12-19)32-16-31-23/h1-12H,14-16H2,(H,28,29)/b20-11+. The molecule has 7 heteroatoms. The number of carbonyl (C=O) groups excluding carboxylic acids is 1. The Balaban J connectivity index is 1.34. The second kappa shape index (κ2) is 10.0. The van der Waals surface area contributed by atoms with E-state index < -0.39 is 5.91 Å². The topological polar surface area (TPSA) is 80.6 Å². The van der Waals surface area contributed by atoms with E-state index in [2.05, 4.69) is 21.2 Å². The summed E-state index contributed by atoms with van der Waals surface area (Å²) < 4.78 is 17.4. The van der Waals surface area contributed by atoms with Gasteiger partial charge in [-0.1, -0.05) is 46.3 Å². The quantitative estimate of drug-likeness (QED) is 0.373. The van der Waals surface area contributed by atoms with Crippen LogP contribution in [0.5, 0.6) is 17.2 Å². The fourth-order valence-corrected chi connectivity index (χ4v) is 3.32. The lowest BCUT2D eigenvalue weighted by Crippen LogP contribution is -2.23. The number of fused-ring (bicyclic) bond motifs is 1. The van der Waals surface area contributed by atoms with Crippen molar-refractivity contribution in [1.82, 2.24) is 5.32 Å². The summed E-state index contributed by atoms with van der Waals surface area (Å²) in [7, 11) is 0. The monoisotopic (exact) mass is 490 g/mol. The number of hydrogen-bond donors (Lipinski definition) is 1. The zero-order chi connectivity index (χ0) is 22.3. The number of halogens is 1. The highest BCUT2D eigenvalue weighted by Gasteiger charge is 2.14. The van der Waals surface area contributed by atoms with E-state index in [1.165, 1.54) is 0 Å². The maximum Gasteiger partial charge on any atom is 0.262 e. The highest BCUT2D eigenvalue weighted by atomic mass is 79.9. The molecule has 0 spiro atoms. The largest absolute Gasteiger partial charge is 0.489 e. The van der Waals surface area contributed by atoms with Crippen LogP contribution in [0.25, 0.3) is 6.08 Å². The van der Waals surface area contributed by atoms with E-state index in [0.29, 0.717) is 23.9 Å². The van der Waals surface area contributed by atoms with Gasteiger partial charge in [-0.05, 0) is 59.2 Å². The smallest absolute Gasteiger partial charge is 0.262 e. The van der Waals surface area contributed by atoms with Crippen LogP contribution in [0, 0.1) is 11.3 Å². The number of nitrogens with one attached hydrogen (secondary N) is 1. The van der Waals surface area contributed by atoms with Crippen LogP contribution in [-0.2, 0) is 17.9 Å². The summed E-state index contributed by atoms with van der Waals surface area (Å²) in [5.41, 5.74) is 2.67. The zero-order valence-corrected chi connectivity index (χ0v) is 18.6. The molecule has 6 nitrogen and oxygen atoms in total. The van der Waals surface area contributed by atoms with Gasteiger partial charge in [0.15, 0.2) is 11.5 Å². The average Bonchev–Trinajstić information content (AvgIpc) is 3.29. The molecule has 0 atom stereocenters. The molecule has 1 amide bonds. The maximum atomic E-state index is 12.5. The van der Waals surface area contributed by atoms with Gasteiger partial charge in [0.05, 0.1) is 0 Å². The molecule has 0 fully saturated rings. The van der Waals surface area contributed by atoms with Crippen molar-refractivity contribution in [2.45, 2.75) is 13.2 Å². The van der Waals surface area contributed by atoms with Crippen LogP contribution in [0.3, 0.4) is 0 Å². The van der Waals surface area contributed by atoms with Crippen molar-refractivity contribution in [3.63, 3.8) is 0 Å². The van der Waals surface area contributed by atoms with Gasteiger partial charge in [-0.25, -0.2) is 0 Å². The number of amides is 1. The summed E-state index contributed by atoms with van der Waals surface area (Å²) in [4.78, 5) is 12.5. The van der Waals surface area contributed by atoms with Crippen molar-refractivity contribution < 1.29 is 19.0 Å². The van der Waals surface area contributed by atoms with E-state index in [4.69, 9.17) is 14.2 Å². The van der Waals surface area contributed by atoms with Gasteiger partial charge in [0.2, 0.25) is 6.79 Å². The van der Waals surface area contributed by atoms with Gasteiger partial charge in [-0.2, -0.15) is 5.26 Å². The predicted octanol–water partition coefficient (Wildman–Crippen LogP) is 4.98. The summed E-state index contributed by atoms with van der Waals surface area (Å²) in [6.07, 6.45) is 1.55. The molecule has 3 aromatic rings. The molecule has 3 aromatic carbocycles. The molecule has 0 aliphatic carbocycles. The van der Waals surface area contributed by atoms with Crippen LogP contribution in [0.4, 0.5) is 0 Å². The summed E-state index contributed by atoms with van der Waals surface area (Å²) in [5.74, 6) is 1.59. The SMILES string of the molecule is N#C/C(=C\c1ccc(OCc2ccc(Br)cc2)cc1)C(=O)NCc1ccc2c(c1)OCO2. The van der Waals surface area contributed by atoms with E-state index in [9.17, 15) is 10.1 Å². The minimum Gasteiger partial charge on any atom is -0.489 e. The lowest BCUT2D eigenvalue weighted by Gasteiger charge is -2.07. The molecular formula is C25H19BrN2O4. The Kier molecular flexibility index (Phi) is 6.73. The normalized spacial score (nSPS) is 12.2. The fraction of sp³-hybridized carbons (Fsp3) is 0.120. The Hall–Kier alpha value is -3.76. The first-order valence-electron chi connectivity index (χ1n) is 9.86. The first kappa shape index (κ1) is 21.5. The Labute approximate surface area is 194 Å². The Morgan fingerprint density at radius 2 is 1.75 bits per heavy atom. The van der Waals surface area contributed by atoms with Gasteiger partial charge < -0.3 is 19.5 Å². The third kappa shape index (κ3) is 5.48. The third-order valence-corrected chi connectivity index (χ3v) is 5.29. The molecule has 4 rings (SSSR count). The molecule has 0 aromatic heterocycles. The van der Waals surface area contributed by atoms with Crippen LogP contribution < -0.4 is 19.5 Å². The van der Waals surface area contributed by atoms with E-state index in [1.54, 1.807) is 24.3 Å². The van der Waals surface area contributed by atoms with Gasteiger partial charge >= 0.3 is 0 Å². The molecular weight excluding hydrogens is 472 g/mol. The minimum absolute atomic E-state index is 0.0225. The molecule has 1 aliphatic rings. The van der Waals surface area contributed by atoms with Gasteiger partial charge in [-0.3, -0.25) is 4.79 Å². The highest BCUT2D eigenvalue weighted by Crippen LogP contribution is 2.32. The molecule has 32 heavy (non-hydrogen) atoms. The second-order valence-corrected chi connectivity index (χ2v) is 7.94. The molecule has 0 saturated heterocycles. The average molecular weight is 491 g/mol. The molecule has 0 saturated carbocycles. The molecule has 0 radical (unpaired) electrons. The van der Waals surface area contributed by atoms with E-state index >= 15 is 0 Å². The van der Waals surface area contributed by atoms with Crippen LogP contribution in [0.2, 0.25) is 0 Å². The van der Waals surface area contributed by atoms with E-state index in [1.807, 2.05) is 54.6 Å². The minimum atomic E-state index is -0.444. The summed E-state index contributed by atoms with van der Waals surface area (Å²) in [6, 6.07) is 22.6. The van der Waals surface area contributed by atoms with Crippen molar-refractivity contribution in [3.05, 3.63) is 93.5 Å². The summed E-state index contributed by atoms with van der Waals surface area (Å²) in [5, 5.41) is 12.2. The second-order valence-electron chi connectivity index (χ2n) is 7.02. The first-order chi connectivity index (χ1) is 15.6. The lowest BCUT2D eigenvalue weighted by molar-refractivity contribution is -0.117. The number of nitrogens with zero attached hydrogens (tertiary/aromatic N) is 1. The first-order valence-corrected chi connectivity index (χ1v) is 10.7. The number of carbonyl (C=O) groups is 1. The molecule has 160 valence electrons. The summed E-state index contributed by atoms with van der Waals surface area (Å²) in [6.45, 7) is 0.923. The number of ether oxygens (including phenoxy) is 3. The van der Waals surface area contributed by atoms with Gasteiger partial charge in [0, 0.05) is 11.0 Å². The molecule has 0 bridgehead atoms. The number of hydrogen-bond acceptors (Lipinski definition) is 5. The highest BCUT2D eigenvalue weighted by molar-refractivity contribution is 9.10. The fourth-order valence-electron chi connectivity index (χ4n) is 3.05. The zero-order valence-electron chi connectivity index (χ0n) is 17.0. The van der Waals surface area contributed by atoms with Crippen molar-refractivity contribution in [2.75, 3.05) is 6.79 Å². The molecule has 1 heterocycles. The van der Waals surface area contributed by atoms with Crippen molar-refractivity contribution in [3.8, 4) is 23.3 Å². The van der Waals surface area contributed by atoms with E-state index in [0.717, 1.165) is 21.2 Å².